The molecule has 0 aliphatic heterocycles. The van der Waals surface area contributed by atoms with E-state index in [1.165, 1.54) is 12.1 Å². The molecule has 152 valence electrons. The van der Waals surface area contributed by atoms with Gasteiger partial charge in [-0.25, -0.2) is 13.6 Å². The molecule has 0 radical (unpaired) electrons. The van der Waals surface area contributed by atoms with Crippen LogP contribution < -0.4 is 15.2 Å². The molecular formula is C20H27N3O4S. The molecule has 0 fully saturated rings. The van der Waals surface area contributed by atoms with Gasteiger partial charge in [0.05, 0.1) is 11.4 Å². The highest BCUT2D eigenvalue weighted by Gasteiger charge is 2.09. The van der Waals surface area contributed by atoms with Crippen LogP contribution in [0.15, 0.2) is 47.4 Å². The number of carbonyl (C=O) groups is 1. The number of sulfonamides is 1. The van der Waals surface area contributed by atoms with E-state index >= 15 is 0 Å². The first-order chi connectivity index (χ1) is 13.1. The number of carbonyl (C=O) groups excluding carboxylic acids is 1. The van der Waals surface area contributed by atoms with E-state index in [2.05, 4.69) is 11.4 Å². The Balaban J connectivity index is 1.72. The summed E-state index contributed by atoms with van der Waals surface area (Å²) in [5.41, 5.74) is 3.10. The summed E-state index contributed by atoms with van der Waals surface area (Å²) < 4.78 is 28.2. The van der Waals surface area contributed by atoms with Crippen molar-refractivity contribution in [2.75, 3.05) is 26.7 Å². The van der Waals surface area contributed by atoms with E-state index in [4.69, 9.17) is 9.88 Å². The Morgan fingerprint density at radius 2 is 1.71 bits per heavy atom. The van der Waals surface area contributed by atoms with Gasteiger partial charge in [0.25, 0.3) is 0 Å². The average molecular weight is 406 g/mol. The normalized spacial score (nSPS) is 11.5. The molecule has 7 nitrogen and oxygen atoms in total. The molecule has 0 bridgehead atoms. The number of nitrogens with one attached hydrogen (secondary N) is 1. The molecule has 28 heavy (non-hydrogen) atoms. The summed E-state index contributed by atoms with van der Waals surface area (Å²) in [5, 5.41) is 7.87. The summed E-state index contributed by atoms with van der Waals surface area (Å²) in [6.45, 7) is 5.71. The predicted octanol–water partition coefficient (Wildman–Crippen LogP) is 1.58. The molecule has 8 heteroatoms. The lowest BCUT2D eigenvalue weighted by atomic mass is 10.1. The number of hydrogen-bond acceptors (Lipinski definition) is 5. The zero-order chi connectivity index (χ0) is 20.7. The fraction of sp³-hybridized carbons (Fsp3) is 0.350. The van der Waals surface area contributed by atoms with Crippen molar-refractivity contribution in [2.24, 2.45) is 5.14 Å². The van der Waals surface area contributed by atoms with Crippen LogP contribution in [0.5, 0.6) is 5.75 Å². The van der Waals surface area contributed by atoms with Crippen LogP contribution in [-0.2, 0) is 21.4 Å². The molecule has 0 saturated heterocycles. The Labute approximate surface area is 166 Å². The number of ether oxygens (including phenoxy) is 1. The van der Waals surface area contributed by atoms with E-state index in [1.54, 1.807) is 12.1 Å². The molecule has 0 unspecified atom stereocenters. The van der Waals surface area contributed by atoms with Gasteiger partial charge in [-0.1, -0.05) is 18.2 Å². The molecule has 0 aromatic heterocycles. The highest BCUT2D eigenvalue weighted by molar-refractivity contribution is 7.89. The topological polar surface area (TPSA) is 102 Å². The van der Waals surface area contributed by atoms with E-state index in [1.807, 2.05) is 37.9 Å². The largest absolute Gasteiger partial charge is 0.492 e. The van der Waals surface area contributed by atoms with Crippen molar-refractivity contribution >= 4 is 15.9 Å². The number of aryl methyl sites for hydroxylation is 2. The summed E-state index contributed by atoms with van der Waals surface area (Å²) in [4.78, 5) is 14.0. The first-order valence-corrected chi connectivity index (χ1v) is 10.5. The minimum Gasteiger partial charge on any atom is -0.492 e. The number of rotatable bonds is 9. The number of primary sulfonamides is 1. The lowest BCUT2D eigenvalue weighted by Crippen LogP contribution is -2.36. The maximum absolute atomic E-state index is 12.1. The smallest absolute Gasteiger partial charge is 0.238 e. The second kappa shape index (κ2) is 9.68. The summed E-state index contributed by atoms with van der Waals surface area (Å²) in [6.07, 6.45) is 0. The van der Waals surface area contributed by atoms with Crippen LogP contribution in [0.2, 0.25) is 0 Å². The molecule has 2 aromatic rings. The first-order valence-electron chi connectivity index (χ1n) is 8.91. The zero-order valence-corrected chi connectivity index (χ0v) is 17.3. The molecule has 2 rings (SSSR count). The third-order valence-electron chi connectivity index (χ3n) is 4.09. The second-order valence-corrected chi connectivity index (χ2v) is 8.44. The molecule has 0 atom stereocenters. The maximum atomic E-state index is 12.1. The standard InChI is InChI=1S/C20H27N3O4S/c1-15-10-16(2)12-18(11-15)27-9-8-23(3)14-20(24)22-13-17-4-6-19(7-5-17)28(21,25)26/h4-7,10-12H,8-9,13-14H2,1-3H3,(H,22,24)(H2,21,25,26). The summed E-state index contributed by atoms with van der Waals surface area (Å²) in [6, 6.07) is 12.2. The minimum absolute atomic E-state index is 0.0473. The van der Waals surface area contributed by atoms with Crippen molar-refractivity contribution < 1.29 is 17.9 Å². The maximum Gasteiger partial charge on any atom is 0.238 e. The van der Waals surface area contributed by atoms with Crippen molar-refractivity contribution in [3.05, 3.63) is 59.2 Å². The van der Waals surface area contributed by atoms with Crippen LogP contribution in [0.3, 0.4) is 0 Å². The highest BCUT2D eigenvalue weighted by Crippen LogP contribution is 2.16. The summed E-state index contributed by atoms with van der Waals surface area (Å²) in [5.74, 6) is 0.711. The second-order valence-electron chi connectivity index (χ2n) is 6.88. The average Bonchev–Trinajstić information content (AvgIpc) is 2.58. The Morgan fingerprint density at radius 3 is 2.29 bits per heavy atom. The Hall–Kier alpha value is -2.42. The molecule has 0 saturated carbocycles. The summed E-state index contributed by atoms with van der Waals surface area (Å²) >= 11 is 0. The number of likely N-dealkylation sites (N-methyl/N-ethyl adjacent to an activating group) is 1. The molecule has 0 aliphatic carbocycles. The predicted molar refractivity (Wildman–Crippen MR) is 109 cm³/mol. The number of nitrogens with two attached hydrogens (primary N) is 1. The van der Waals surface area contributed by atoms with E-state index in [-0.39, 0.29) is 17.3 Å². The Morgan fingerprint density at radius 1 is 1.11 bits per heavy atom. The van der Waals surface area contributed by atoms with Gasteiger partial charge in [-0.2, -0.15) is 0 Å². The van der Waals surface area contributed by atoms with E-state index < -0.39 is 10.0 Å². The molecule has 0 spiro atoms. The van der Waals surface area contributed by atoms with Gasteiger partial charge in [-0.05, 0) is 61.9 Å². The van der Waals surface area contributed by atoms with Gasteiger partial charge in [-0.15, -0.1) is 0 Å². The zero-order valence-electron chi connectivity index (χ0n) is 16.4. The van der Waals surface area contributed by atoms with Crippen LogP contribution in [-0.4, -0.2) is 46.0 Å². The summed E-state index contributed by atoms with van der Waals surface area (Å²) in [7, 11) is -1.85. The number of nitrogens with zero attached hydrogens (tertiary/aromatic N) is 1. The fourth-order valence-electron chi connectivity index (χ4n) is 2.71. The van der Waals surface area contributed by atoms with E-state index in [0.717, 1.165) is 22.4 Å². The fourth-order valence-corrected chi connectivity index (χ4v) is 3.23. The third-order valence-corrected chi connectivity index (χ3v) is 5.02. The van der Waals surface area contributed by atoms with Crippen LogP contribution in [0.4, 0.5) is 0 Å². The molecule has 0 heterocycles. The van der Waals surface area contributed by atoms with E-state index in [9.17, 15) is 13.2 Å². The SMILES string of the molecule is Cc1cc(C)cc(OCCN(C)CC(=O)NCc2ccc(S(N)(=O)=O)cc2)c1. The van der Waals surface area contributed by atoms with Gasteiger partial charge in [0.1, 0.15) is 12.4 Å². The molecule has 0 aliphatic rings. The third kappa shape index (κ3) is 7.30. The Kier molecular flexibility index (Phi) is 7.56. The number of amides is 1. The first kappa shape index (κ1) is 21.9. The lowest BCUT2D eigenvalue weighted by Gasteiger charge is -2.17. The van der Waals surface area contributed by atoms with Crippen molar-refractivity contribution in [2.45, 2.75) is 25.3 Å². The molecular weight excluding hydrogens is 378 g/mol. The molecule has 1 amide bonds. The van der Waals surface area contributed by atoms with Gasteiger partial charge in [0.2, 0.25) is 15.9 Å². The van der Waals surface area contributed by atoms with Crippen molar-refractivity contribution in [3.8, 4) is 5.75 Å². The van der Waals surface area contributed by atoms with Gasteiger partial charge >= 0.3 is 0 Å². The molecule has 2 aromatic carbocycles. The van der Waals surface area contributed by atoms with Gasteiger partial charge in [-0.3, -0.25) is 9.69 Å². The highest BCUT2D eigenvalue weighted by atomic mass is 32.2. The van der Waals surface area contributed by atoms with Crippen LogP contribution in [0.25, 0.3) is 0 Å². The molecule has 3 N–H and O–H groups in total. The van der Waals surface area contributed by atoms with Crippen molar-refractivity contribution in [1.29, 1.82) is 0 Å². The van der Waals surface area contributed by atoms with Gasteiger partial charge in [0, 0.05) is 13.1 Å². The van der Waals surface area contributed by atoms with Crippen LogP contribution in [0, 0.1) is 13.8 Å². The quantitative estimate of drug-likeness (QED) is 0.659. The number of benzene rings is 2. The Bertz CT molecular complexity index is 891. The van der Waals surface area contributed by atoms with Crippen LogP contribution >= 0.6 is 0 Å². The van der Waals surface area contributed by atoms with Crippen LogP contribution in [0.1, 0.15) is 16.7 Å². The van der Waals surface area contributed by atoms with Crippen molar-refractivity contribution in [1.82, 2.24) is 10.2 Å². The lowest BCUT2D eigenvalue weighted by molar-refractivity contribution is -0.122. The van der Waals surface area contributed by atoms with Crippen molar-refractivity contribution in [3.63, 3.8) is 0 Å². The van der Waals surface area contributed by atoms with Gasteiger partial charge < -0.3 is 10.1 Å². The minimum atomic E-state index is -3.71. The monoisotopic (exact) mass is 405 g/mol. The van der Waals surface area contributed by atoms with Gasteiger partial charge in [0.15, 0.2) is 0 Å². The van der Waals surface area contributed by atoms with E-state index in [0.29, 0.717) is 19.7 Å². The number of hydrogen-bond donors (Lipinski definition) is 2.